The minimum absolute atomic E-state index is 0.00533. The molecule has 0 heterocycles. The number of rotatable bonds is 5. The number of ether oxygens (including phenoxy) is 1. The van der Waals surface area contributed by atoms with E-state index in [1.165, 1.54) is 7.11 Å². The van der Waals surface area contributed by atoms with Gasteiger partial charge in [-0.3, -0.25) is 0 Å². The van der Waals surface area contributed by atoms with Gasteiger partial charge in [-0.15, -0.1) is 0 Å². The summed E-state index contributed by atoms with van der Waals surface area (Å²) in [5.41, 5.74) is 5.97. The lowest BCUT2D eigenvalue weighted by atomic mass is 10.1. The quantitative estimate of drug-likeness (QED) is 0.603. The van der Waals surface area contributed by atoms with Crippen LogP contribution in [0.2, 0.25) is 0 Å². The molecule has 0 atom stereocenters. The highest BCUT2D eigenvalue weighted by Crippen LogP contribution is 2.32. The van der Waals surface area contributed by atoms with Crippen molar-refractivity contribution in [2.24, 2.45) is 5.14 Å². The van der Waals surface area contributed by atoms with Crippen molar-refractivity contribution in [3.05, 3.63) is 42.0 Å². The molecule has 9 heteroatoms. The molecule has 0 aliphatic rings. The Hall–Kier alpha value is -2.78. The summed E-state index contributed by atoms with van der Waals surface area (Å²) in [6.45, 7) is 0. The summed E-state index contributed by atoms with van der Waals surface area (Å²) < 4.78 is 28.6. The van der Waals surface area contributed by atoms with Gasteiger partial charge in [0.2, 0.25) is 10.0 Å². The van der Waals surface area contributed by atoms with Gasteiger partial charge < -0.3 is 20.9 Å². The standard InChI is InChI=1S/C14H15N3O5S/c1-22-10-4-2-3-9(7-10)17-13-11(15)5-8(14(18)19)6-12(13)23(16,20)21/h2-7,17H,15H2,1H3,(H,18,19)(H2,16,20,21). The molecule has 0 bridgehead atoms. The molecule has 2 aromatic rings. The molecule has 122 valence electrons. The first-order valence-electron chi connectivity index (χ1n) is 6.33. The highest BCUT2D eigenvalue weighted by atomic mass is 32.2. The van der Waals surface area contributed by atoms with E-state index in [0.717, 1.165) is 12.1 Å². The third kappa shape index (κ3) is 3.71. The van der Waals surface area contributed by atoms with Crippen molar-refractivity contribution in [2.45, 2.75) is 4.90 Å². The molecule has 0 fully saturated rings. The monoisotopic (exact) mass is 337 g/mol. The summed E-state index contributed by atoms with van der Waals surface area (Å²) in [4.78, 5) is 10.7. The normalized spacial score (nSPS) is 11.0. The first-order valence-corrected chi connectivity index (χ1v) is 7.87. The molecule has 0 spiro atoms. The lowest BCUT2D eigenvalue weighted by Gasteiger charge is -2.15. The molecule has 0 saturated heterocycles. The summed E-state index contributed by atoms with van der Waals surface area (Å²) in [7, 11) is -2.69. The lowest BCUT2D eigenvalue weighted by Crippen LogP contribution is -2.16. The van der Waals surface area contributed by atoms with E-state index in [1.807, 2.05) is 0 Å². The van der Waals surface area contributed by atoms with Gasteiger partial charge in [-0.2, -0.15) is 0 Å². The number of carboxylic acids is 1. The van der Waals surface area contributed by atoms with E-state index in [4.69, 9.17) is 20.7 Å². The van der Waals surface area contributed by atoms with Gasteiger partial charge in [-0.25, -0.2) is 18.4 Å². The van der Waals surface area contributed by atoms with Crippen LogP contribution in [0.1, 0.15) is 10.4 Å². The third-order valence-corrected chi connectivity index (χ3v) is 3.96. The highest BCUT2D eigenvalue weighted by Gasteiger charge is 2.20. The fraction of sp³-hybridized carbons (Fsp3) is 0.0714. The Morgan fingerprint density at radius 2 is 1.96 bits per heavy atom. The van der Waals surface area contributed by atoms with Gasteiger partial charge in [0.25, 0.3) is 0 Å². The molecule has 0 amide bonds. The van der Waals surface area contributed by atoms with Crippen molar-refractivity contribution in [1.82, 2.24) is 0 Å². The van der Waals surface area contributed by atoms with Crippen molar-refractivity contribution in [3.63, 3.8) is 0 Å². The van der Waals surface area contributed by atoms with Gasteiger partial charge in [0.05, 0.1) is 24.0 Å². The van der Waals surface area contributed by atoms with Crippen LogP contribution in [0.5, 0.6) is 5.75 Å². The number of aromatic carboxylic acids is 1. The van der Waals surface area contributed by atoms with Crippen LogP contribution in [0.3, 0.4) is 0 Å². The van der Waals surface area contributed by atoms with Crippen LogP contribution in [-0.4, -0.2) is 26.6 Å². The number of anilines is 3. The number of primary sulfonamides is 1. The molecule has 6 N–H and O–H groups in total. The predicted octanol–water partition coefficient (Wildman–Crippen LogP) is 1.37. The molecule has 2 rings (SSSR count). The Balaban J connectivity index is 2.59. The van der Waals surface area contributed by atoms with E-state index >= 15 is 0 Å². The van der Waals surface area contributed by atoms with Gasteiger partial charge in [0.1, 0.15) is 10.6 Å². The molecule has 0 radical (unpaired) electrons. The number of sulfonamides is 1. The Morgan fingerprint density at radius 1 is 1.26 bits per heavy atom. The first-order chi connectivity index (χ1) is 10.7. The second-order valence-electron chi connectivity index (χ2n) is 4.65. The Labute approximate surface area is 132 Å². The maximum atomic E-state index is 11.8. The van der Waals surface area contributed by atoms with Gasteiger partial charge >= 0.3 is 5.97 Å². The van der Waals surface area contributed by atoms with E-state index in [1.54, 1.807) is 24.3 Å². The van der Waals surface area contributed by atoms with Crippen LogP contribution < -0.4 is 20.9 Å². The maximum Gasteiger partial charge on any atom is 0.335 e. The van der Waals surface area contributed by atoms with Crippen LogP contribution in [0, 0.1) is 0 Å². The molecule has 0 aliphatic heterocycles. The summed E-state index contributed by atoms with van der Waals surface area (Å²) in [5.74, 6) is -0.762. The third-order valence-electron chi connectivity index (χ3n) is 3.03. The number of methoxy groups -OCH3 is 1. The molecular weight excluding hydrogens is 322 g/mol. The average Bonchev–Trinajstić information content (AvgIpc) is 2.48. The highest BCUT2D eigenvalue weighted by molar-refractivity contribution is 7.89. The van der Waals surface area contributed by atoms with Gasteiger partial charge in [0, 0.05) is 11.8 Å². The minimum atomic E-state index is -4.18. The number of carboxylic acid groups (broad SMARTS) is 1. The summed E-state index contributed by atoms with van der Waals surface area (Å²) in [6.07, 6.45) is 0. The van der Waals surface area contributed by atoms with Crippen LogP contribution in [-0.2, 0) is 10.0 Å². The Bertz CT molecular complexity index is 865. The zero-order valence-electron chi connectivity index (χ0n) is 12.1. The fourth-order valence-electron chi connectivity index (χ4n) is 1.96. The SMILES string of the molecule is COc1cccc(Nc2c(N)cc(C(=O)O)cc2S(N)(=O)=O)c1. The largest absolute Gasteiger partial charge is 0.497 e. The van der Waals surface area contributed by atoms with Crippen LogP contribution >= 0.6 is 0 Å². The van der Waals surface area contributed by atoms with E-state index in [0.29, 0.717) is 11.4 Å². The van der Waals surface area contributed by atoms with Gasteiger partial charge in [0.15, 0.2) is 0 Å². The number of benzene rings is 2. The van der Waals surface area contributed by atoms with Crippen LogP contribution in [0.25, 0.3) is 0 Å². The number of nitrogen functional groups attached to an aromatic ring is 1. The van der Waals surface area contributed by atoms with Crippen molar-refractivity contribution in [3.8, 4) is 5.75 Å². The Morgan fingerprint density at radius 3 is 2.52 bits per heavy atom. The van der Waals surface area contributed by atoms with Crippen molar-refractivity contribution >= 4 is 33.1 Å². The number of nitrogens with two attached hydrogens (primary N) is 2. The van der Waals surface area contributed by atoms with Crippen molar-refractivity contribution < 1.29 is 23.1 Å². The average molecular weight is 337 g/mol. The van der Waals surface area contributed by atoms with Gasteiger partial charge in [-0.05, 0) is 24.3 Å². The Kier molecular flexibility index (Phi) is 4.43. The molecule has 0 unspecified atom stereocenters. The molecule has 2 aromatic carbocycles. The van der Waals surface area contributed by atoms with Crippen molar-refractivity contribution in [1.29, 1.82) is 0 Å². The van der Waals surface area contributed by atoms with Crippen molar-refractivity contribution in [2.75, 3.05) is 18.2 Å². The first kappa shape index (κ1) is 16.6. The molecular formula is C14H15N3O5S. The van der Waals surface area contributed by atoms with E-state index in [9.17, 15) is 13.2 Å². The molecule has 8 nitrogen and oxygen atoms in total. The molecule has 23 heavy (non-hydrogen) atoms. The summed E-state index contributed by atoms with van der Waals surface area (Å²) in [6, 6.07) is 8.80. The smallest absolute Gasteiger partial charge is 0.335 e. The maximum absolute atomic E-state index is 11.8. The van der Waals surface area contributed by atoms with E-state index in [2.05, 4.69) is 5.32 Å². The molecule has 0 saturated carbocycles. The number of hydrogen-bond acceptors (Lipinski definition) is 6. The second-order valence-corrected chi connectivity index (χ2v) is 6.18. The van der Waals surface area contributed by atoms with E-state index < -0.39 is 20.9 Å². The molecule has 0 aromatic heterocycles. The molecule has 0 aliphatic carbocycles. The second kappa shape index (κ2) is 6.15. The zero-order chi connectivity index (χ0) is 17.2. The van der Waals surface area contributed by atoms with Crippen LogP contribution in [0.4, 0.5) is 17.1 Å². The van der Waals surface area contributed by atoms with Crippen LogP contribution in [0.15, 0.2) is 41.3 Å². The number of hydrogen-bond donors (Lipinski definition) is 4. The number of carbonyl (C=O) groups is 1. The van der Waals surface area contributed by atoms with E-state index in [-0.39, 0.29) is 16.9 Å². The predicted molar refractivity (Wildman–Crippen MR) is 85.5 cm³/mol. The lowest BCUT2D eigenvalue weighted by molar-refractivity contribution is 0.0696. The minimum Gasteiger partial charge on any atom is -0.497 e. The number of nitrogens with one attached hydrogen (secondary N) is 1. The fourth-order valence-corrected chi connectivity index (χ4v) is 2.71. The topological polar surface area (TPSA) is 145 Å². The van der Waals surface area contributed by atoms with Gasteiger partial charge in [-0.1, -0.05) is 6.07 Å². The summed E-state index contributed by atoms with van der Waals surface area (Å²) >= 11 is 0. The summed E-state index contributed by atoms with van der Waals surface area (Å²) in [5, 5.41) is 17.0. The zero-order valence-corrected chi connectivity index (χ0v) is 12.9.